The van der Waals surface area contributed by atoms with Crippen LogP contribution in [-0.4, -0.2) is 29.2 Å². The highest BCUT2D eigenvalue weighted by Crippen LogP contribution is 2.37. The Morgan fingerprint density at radius 2 is 2.08 bits per heavy atom. The summed E-state index contributed by atoms with van der Waals surface area (Å²) in [6, 6.07) is 10.9. The van der Waals surface area contributed by atoms with Crippen molar-refractivity contribution in [2.75, 3.05) is 6.54 Å². The highest BCUT2D eigenvalue weighted by molar-refractivity contribution is 7.89. The van der Waals surface area contributed by atoms with E-state index in [-0.39, 0.29) is 6.04 Å². The van der Waals surface area contributed by atoms with Gasteiger partial charge in [0.2, 0.25) is 10.0 Å². The van der Waals surface area contributed by atoms with E-state index < -0.39 is 10.0 Å². The zero-order valence-corrected chi connectivity index (χ0v) is 14.3. The molecule has 0 aliphatic carbocycles. The van der Waals surface area contributed by atoms with Crippen molar-refractivity contribution in [3.8, 4) is 0 Å². The van der Waals surface area contributed by atoms with Gasteiger partial charge in [-0.05, 0) is 55.7 Å². The van der Waals surface area contributed by atoms with Gasteiger partial charge in [0, 0.05) is 30.0 Å². The highest BCUT2D eigenvalue weighted by Gasteiger charge is 2.37. The molecule has 3 heterocycles. The first-order chi connectivity index (χ1) is 11.6. The zero-order chi connectivity index (χ0) is 16.7. The molecule has 1 N–H and O–H groups in total. The Balaban J connectivity index is 1.85. The number of aromatic amines is 1. The highest BCUT2D eigenvalue weighted by atomic mass is 32.2. The summed E-state index contributed by atoms with van der Waals surface area (Å²) in [6.45, 7) is 2.49. The number of aromatic nitrogens is 2. The predicted molar refractivity (Wildman–Crippen MR) is 93.1 cm³/mol. The van der Waals surface area contributed by atoms with E-state index in [0.717, 1.165) is 29.6 Å². The molecule has 0 unspecified atom stereocenters. The van der Waals surface area contributed by atoms with Crippen LogP contribution in [0.15, 0.2) is 53.7 Å². The van der Waals surface area contributed by atoms with Crippen LogP contribution in [0, 0.1) is 6.92 Å². The van der Waals surface area contributed by atoms with Crippen LogP contribution in [0.5, 0.6) is 0 Å². The third kappa shape index (κ3) is 2.34. The van der Waals surface area contributed by atoms with Gasteiger partial charge in [0.1, 0.15) is 0 Å². The van der Waals surface area contributed by atoms with Crippen LogP contribution >= 0.6 is 0 Å². The second-order valence-electron chi connectivity index (χ2n) is 6.18. The first kappa shape index (κ1) is 15.4. The molecule has 1 saturated heterocycles. The Hall–Kier alpha value is -2.18. The summed E-state index contributed by atoms with van der Waals surface area (Å²) in [5, 5.41) is 0.689. The maximum absolute atomic E-state index is 13.3. The van der Waals surface area contributed by atoms with Crippen LogP contribution in [0.4, 0.5) is 0 Å². The second-order valence-corrected chi connectivity index (χ2v) is 8.04. The van der Waals surface area contributed by atoms with Crippen molar-refractivity contribution >= 4 is 20.9 Å². The number of rotatable bonds is 3. The molecule has 24 heavy (non-hydrogen) atoms. The molecule has 1 fully saturated rings. The monoisotopic (exact) mass is 341 g/mol. The number of sulfonamides is 1. The van der Waals surface area contributed by atoms with Crippen molar-refractivity contribution in [1.29, 1.82) is 0 Å². The Bertz CT molecular complexity index is 981. The molecule has 3 aromatic rings. The number of H-pyrrole nitrogens is 1. The number of nitrogens with zero attached hydrogens (tertiary/aromatic N) is 2. The minimum Gasteiger partial charge on any atom is -0.364 e. The lowest BCUT2D eigenvalue weighted by atomic mass is 10.1. The van der Waals surface area contributed by atoms with Crippen LogP contribution in [-0.2, 0) is 10.0 Å². The van der Waals surface area contributed by atoms with Crippen molar-refractivity contribution in [1.82, 2.24) is 14.3 Å². The fraction of sp³-hybridized carbons (Fsp3) is 0.278. The van der Waals surface area contributed by atoms with Crippen molar-refractivity contribution in [3.63, 3.8) is 0 Å². The van der Waals surface area contributed by atoms with E-state index in [1.54, 1.807) is 22.6 Å². The number of hydrogen-bond donors (Lipinski definition) is 1. The minimum absolute atomic E-state index is 0.127. The maximum atomic E-state index is 13.3. The number of benzene rings is 1. The van der Waals surface area contributed by atoms with E-state index in [9.17, 15) is 8.42 Å². The normalized spacial score (nSPS) is 19.1. The first-order valence-corrected chi connectivity index (χ1v) is 9.52. The molecule has 6 heteroatoms. The Morgan fingerprint density at radius 3 is 2.88 bits per heavy atom. The van der Waals surface area contributed by atoms with Crippen molar-refractivity contribution in [3.05, 3.63) is 60.0 Å². The summed E-state index contributed by atoms with van der Waals surface area (Å²) in [5.41, 5.74) is 2.67. The van der Waals surface area contributed by atoms with Crippen LogP contribution < -0.4 is 0 Å². The molecule has 1 aliphatic heterocycles. The van der Waals surface area contributed by atoms with E-state index >= 15 is 0 Å². The first-order valence-electron chi connectivity index (χ1n) is 8.08. The standard InChI is InChI=1S/C18H19N3O2S/c1-13-8-9-17(14-5-2-11-20-18(13)14)24(22,23)21-12-4-7-16(21)15-6-3-10-19-15/h2-3,5-6,8-11,16,19H,4,7,12H2,1H3/t16-/m0/s1. The molecule has 5 nitrogen and oxygen atoms in total. The molecule has 4 rings (SSSR count). The summed E-state index contributed by atoms with van der Waals surface area (Å²) >= 11 is 0. The maximum Gasteiger partial charge on any atom is 0.244 e. The fourth-order valence-electron chi connectivity index (χ4n) is 3.53. The molecule has 124 valence electrons. The van der Waals surface area contributed by atoms with Gasteiger partial charge in [0.05, 0.1) is 16.5 Å². The SMILES string of the molecule is Cc1ccc(S(=O)(=O)N2CCC[C@H]2c2ccc[nH]2)c2cccnc12. The second kappa shape index (κ2) is 5.72. The van der Waals surface area contributed by atoms with Crippen LogP contribution in [0.3, 0.4) is 0 Å². The van der Waals surface area contributed by atoms with Gasteiger partial charge < -0.3 is 4.98 Å². The van der Waals surface area contributed by atoms with Gasteiger partial charge in [0.25, 0.3) is 0 Å². The van der Waals surface area contributed by atoms with Gasteiger partial charge in [-0.15, -0.1) is 0 Å². The molecule has 0 amide bonds. The topological polar surface area (TPSA) is 66.1 Å². The van der Waals surface area contributed by atoms with Gasteiger partial charge >= 0.3 is 0 Å². The molecule has 0 radical (unpaired) electrons. The molecular formula is C18H19N3O2S. The van der Waals surface area contributed by atoms with E-state index in [2.05, 4.69) is 9.97 Å². The largest absolute Gasteiger partial charge is 0.364 e. The molecule has 0 spiro atoms. The van der Waals surface area contributed by atoms with Crippen LogP contribution in [0.25, 0.3) is 10.9 Å². The summed E-state index contributed by atoms with van der Waals surface area (Å²) in [5.74, 6) is 0. The molecule has 1 aliphatic rings. The lowest BCUT2D eigenvalue weighted by Crippen LogP contribution is -2.31. The number of hydrogen-bond acceptors (Lipinski definition) is 3. The number of fused-ring (bicyclic) bond motifs is 1. The Kier molecular flexibility index (Phi) is 3.66. The van der Waals surface area contributed by atoms with Crippen molar-refractivity contribution in [2.45, 2.75) is 30.7 Å². The summed E-state index contributed by atoms with van der Waals surface area (Å²) in [7, 11) is -3.58. The Labute approximate surface area is 141 Å². The number of nitrogens with one attached hydrogen (secondary N) is 1. The third-order valence-corrected chi connectivity index (χ3v) is 6.67. The molecule has 0 saturated carbocycles. The zero-order valence-electron chi connectivity index (χ0n) is 13.4. The van der Waals surface area contributed by atoms with E-state index in [1.165, 1.54) is 0 Å². The number of aryl methyl sites for hydroxylation is 1. The average molecular weight is 341 g/mol. The minimum atomic E-state index is -3.58. The van der Waals surface area contributed by atoms with Crippen molar-refractivity contribution < 1.29 is 8.42 Å². The molecule has 2 aromatic heterocycles. The fourth-order valence-corrected chi connectivity index (χ4v) is 5.39. The van der Waals surface area contributed by atoms with Gasteiger partial charge in [-0.2, -0.15) is 4.31 Å². The van der Waals surface area contributed by atoms with Crippen LogP contribution in [0.2, 0.25) is 0 Å². The third-order valence-electron chi connectivity index (χ3n) is 4.70. The van der Waals surface area contributed by atoms with Gasteiger partial charge in [-0.25, -0.2) is 8.42 Å². The predicted octanol–water partition coefficient (Wildman–Crippen LogP) is 3.40. The average Bonchev–Trinajstić information content (AvgIpc) is 3.26. The van der Waals surface area contributed by atoms with Crippen LogP contribution in [0.1, 0.15) is 30.1 Å². The lowest BCUT2D eigenvalue weighted by Gasteiger charge is -2.24. The van der Waals surface area contributed by atoms with Gasteiger partial charge in [-0.3, -0.25) is 4.98 Å². The Morgan fingerprint density at radius 1 is 1.21 bits per heavy atom. The lowest BCUT2D eigenvalue weighted by molar-refractivity contribution is 0.392. The van der Waals surface area contributed by atoms with Gasteiger partial charge in [-0.1, -0.05) is 6.07 Å². The molecule has 1 aromatic carbocycles. The summed E-state index contributed by atoms with van der Waals surface area (Å²) in [6.07, 6.45) is 5.24. The number of pyridine rings is 1. The smallest absolute Gasteiger partial charge is 0.244 e. The molecule has 0 bridgehead atoms. The molecule has 1 atom stereocenters. The van der Waals surface area contributed by atoms with E-state index in [4.69, 9.17) is 0 Å². The summed E-state index contributed by atoms with van der Waals surface area (Å²) in [4.78, 5) is 7.86. The quantitative estimate of drug-likeness (QED) is 0.794. The van der Waals surface area contributed by atoms with Crippen molar-refractivity contribution in [2.24, 2.45) is 0 Å². The van der Waals surface area contributed by atoms with E-state index in [1.807, 2.05) is 37.4 Å². The van der Waals surface area contributed by atoms with Gasteiger partial charge in [0.15, 0.2) is 0 Å². The molecular weight excluding hydrogens is 322 g/mol. The van der Waals surface area contributed by atoms with E-state index in [0.29, 0.717) is 16.8 Å². The summed E-state index contributed by atoms with van der Waals surface area (Å²) < 4.78 is 28.3.